The molecule has 5 N–H and O–H groups in total. The standard InChI is InChI=1S/C21H21N7OS/c1-21(2)8-12-9-23-19(22)25-15(12)16-14(21)17(28-27-16)18(29)26-20-24-13(10-30-20)11-6-4-3-5-7-11/h3-7,9-10,20,24H,8H2,1-2H3,(H,26,29)(H,27,28)(H2,22,23,25). The summed E-state index contributed by atoms with van der Waals surface area (Å²) in [4.78, 5) is 21.6. The Morgan fingerprint density at radius 3 is 2.87 bits per heavy atom. The maximum absolute atomic E-state index is 13.1. The number of aromatic nitrogens is 4. The third-order valence-corrected chi connectivity index (χ3v) is 6.25. The molecule has 3 heterocycles. The number of nitrogens with two attached hydrogens (primary N) is 1. The molecule has 30 heavy (non-hydrogen) atoms. The van der Waals surface area contributed by atoms with Gasteiger partial charge in [0.1, 0.15) is 11.4 Å². The van der Waals surface area contributed by atoms with E-state index >= 15 is 0 Å². The molecule has 1 atom stereocenters. The van der Waals surface area contributed by atoms with Crippen molar-refractivity contribution in [1.29, 1.82) is 0 Å². The van der Waals surface area contributed by atoms with Crippen LogP contribution in [0.4, 0.5) is 5.95 Å². The summed E-state index contributed by atoms with van der Waals surface area (Å²) in [6, 6.07) is 10.0. The molecule has 0 radical (unpaired) electrons. The molecular formula is C21H21N7OS. The van der Waals surface area contributed by atoms with Gasteiger partial charge in [-0.1, -0.05) is 55.9 Å². The predicted molar refractivity (Wildman–Crippen MR) is 117 cm³/mol. The number of carbonyl (C=O) groups is 1. The van der Waals surface area contributed by atoms with Crippen LogP contribution in [0.1, 0.15) is 41.0 Å². The quantitative estimate of drug-likeness (QED) is 0.515. The summed E-state index contributed by atoms with van der Waals surface area (Å²) in [7, 11) is 0. The molecule has 0 fully saturated rings. The maximum atomic E-state index is 13.1. The van der Waals surface area contributed by atoms with Gasteiger partial charge in [-0.2, -0.15) is 5.10 Å². The summed E-state index contributed by atoms with van der Waals surface area (Å²) in [6.45, 7) is 4.18. The summed E-state index contributed by atoms with van der Waals surface area (Å²) in [5.41, 5.74) is 10.9. The van der Waals surface area contributed by atoms with E-state index in [1.807, 2.05) is 35.7 Å². The molecule has 5 rings (SSSR count). The molecule has 9 heteroatoms. The van der Waals surface area contributed by atoms with Crippen LogP contribution in [-0.2, 0) is 11.8 Å². The molecule has 0 bridgehead atoms. The van der Waals surface area contributed by atoms with Gasteiger partial charge in [-0.25, -0.2) is 9.97 Å². The normalized spacial score (nSPS) is 18.7. The SMILES string of the molecule is CC1(C)Cc2cnc(N)nc2-c2n[nH]c(C(=O)NC3NC(c4ccccc4)=CS3)c21. The number of nitrogen functional groups attached to an aromatic ring is 1. The highest BCUT2D eigenvalue weighted by molar-refractivity contribution is 8.03. The number of nitrogens with zero attached hydrogens (tertiary/aromatic N) is 3. The number of aromatic amines is 1. The molecule has 0 spiro atoms. The summed E-state index contributed by atoms with van der Waals surface area (Å²) in [5, 5.41) is 15.8. The lowest BCUT2D eigenvalue weighted by atomic mass is 9.73. The number of thioether (sulfide) groups is 1. The van der Waals surface area contributed by atoms with Crippen LogP contribution in [-0.4, -0.2) is 31.6 Å². The smallest absolute Gasteiger partial charge is 0.271 e. The number of hydrogen-bond donors (Lipinski definition) is 4. The number of H-pyrrole nitrogens is 1. The van der Waals surface area contributed by atoms with E-state index in [1.54, 1.807) is 6.20 Å². The molecule has 8 nitrogen and oxygen atoms in total. The molecule has 1 amide bonds. The molecule has 1 unspecified atom stereocenters. The molecule has 1 aliphatic carbocycles. The number of benzene rings is 1. The lowest BCUT2D eigenvalue weighted by Crippen LogP contribution is -2.41. The van der Waals surface area contributed by atoms with Crippen LogP contribution in [0.25, 0.3) is 17.1 Å². The zero-order chi connectivity index (χ0) is 20.9. The Labute approximate surface area is 177 Å². The maximum Gasteiger partial charge on any atom is 0.271 e. The van der Waals surface area contributed by atoms with E-state index in [4.69, 9.17) is 5.73 Å². The van der Waals surface area contributed by atoms with E-state index < -0.39 is 0 Å². The van der Waals surface area contributed by atoms with Crippen LogP contribution >= 0.6 is 11.8 Å². The third kappa shape index (κ3) is 3.11. The minimum absolute atomic E-state index is 0.194. The van der Waals surface area contributed by atoms with Crippen molar-refractivity contribution < 1.29 is 4.79 Å². The van der Waals surface area contributed by atoms with Crippen molar-refractivity contribution in [2.24, 2.45) is 0 Å². The van der Waals surface area contributed by atoms with Crippen molar-refractivity contribution in [3.8, 4) is 11.4 Å². The highest BCUT2D eigenvalue weighted by Crippen LogP contribution is 2.42. The Hall–Kier alpha value is -3.33. The van der Waals surface area contributed by atoms with Crippen LogP contribution < -0.4 is 16.4 Å². The Balaban J connectivity index is 1.40. The number of fused-ring (bicyclic) bond motifs is 3. The van der Waals surface area contributed by atoms with Crippen LogP contribution in [0.5, 0.6) is 0 Å². The lowest BCUT2D eigenvalue weighted by Gasteiger charge is -2.31. The fourth-order valence-electron chi connectivity index (χ4n) is 4.03. The molecule has 1 aromatic carbocycles. The molecule has 2 aliphatic rings. The Bertz CT molecular complexity index is 1170. The van der Waals surface area contributed by atoms with Crippen LogP contribution in [0.2, 0.25) is 0 Å². The number of rotatable bonds is 3. The average Bonchev–Trinajstić information content (AvgIpc) is 3.37. The van der Waals surface area contributed by atoms with Crippen LogP contribution in [0, 0.1) is 0 Å². The van der Waals surface area contributed by atoms with Crippen molar-refractivity contribution >= 4 is 29.3 Å². The van der Waals surface area contributed by atoms with Gasteiger partial charge in [0, 0.05) is 11.8 Å². The van der Waals surface area contributed by atoms with Gasteiger partial charge in [0.15, 0.2) is 5.50 Å². The Kier molecular flexibility index (Phi) is 4.28. The second kappa shape index (κ2) is 6.88. The van der Waals surface area contributed by atoms with E-state index in [1.165, 1.54) is 11.8 Å². The number of carbonyl (C=O) groups excluding carboxylic acids is 1. The van der Waals surface area contributed by atoms with Gasteiger partial charge >= 0.3 is 0 Å². The minimum Gasteiger partial charge on any atom is -0.368 e. The summed E-state index contributed by atoms with van der Waals surface area (Å²) >= 11 is 1.52. The van der Waals surface area contributed by atoms with Crippen LogP contribution in [0.3, 0.4) is 0 Å². The fraction of sp³-hybridized carbons (Fsp3) is 0.238. The van der Waals surface area contributed by atoms with Gasteiger partial charge in [-0.3, -0.25) is 9.89 Å². The van der Waals surface area contributed by atoms with Crippen molar-refractivity contribution in [3.63, 3.8) is 0 Å². The first-order chi connectivity index (χ1) is 14.4. The van der Waals surface area contributed by atoms with E-state index in [-0.39, 0.29) is 22.8 Å². The molecule has 0 saturated heterocycles. The minimum atomic E-state index is -0.300. The Morgan fingerprint density at radius 2 is 2.07 bits per heavy atom. The van der Waals surface area contributed by atoms with Crippen molar-refractivity contribution in [1.82, 2.24) is 30.8 Å². The summed E-state index contributed by atoms with van der Waals surface area (Å²) in [5.74, 6) is -0.0190. The molecular weight excluding hydrogens is 398 g/mol. The van der Waals surface area contributed by atoms with Gasteiger partial charge in [-0.05, 0) is 28.4 Å². The monoisotopic (exact) mass is 419 g/mol. The average molecular weight is 420 g/mol. The van der Waals surface area contributed by atoms with Gasteiger partial charge in [-0.15, -0.1) is 0 Å². The second-order valence-corrected chi connectivity index (χ2v) is 9.00. The van der Waals surface area contributed by atoms with Gasteiger partial charge < -0.3 is 16.4 Å². The van der Waals surface area contributed by atoms with Gasteiger partial charge in [0.05, 0.1) is 11.4 Å². The van der Waals surface area contributed by atoms with Gasteiger partial charge in [0.25, 0.3) is 5.91 Å². The first kappa shape index (κ1) is 18.7. The predicted octanol–water partition coefficient (Wildman–Crippen LogP) is 2.63. The zero-order valence-corrected chi connectivity index (χ0v) is 17.4. The van der Waals surface area contributed by atoms with Crippen molar-refractivity contribution in [2.45, 2.75) is 31.2 Å². The Morgan fingerprint density at radius 1 is 1.27 bits per heavy atom. The molecule has 2 aromatic heterocycles. The van der Waals surface area contributed by atoms with E-state index in [2.05, 4.69) is 44.6 Å². The highest BCUT2D eigenvalue weighted by Gasteiger charge is 2.39. The highest BCUT2D eigenvalue weighted by atomic mass is 32.2. The van der Waals surface area contributed by atoms with Crippen LogP contribution in [0.15, 0.2) is 41.9 Å². The van der Waals surface area contributed by atoms with E-state index in [9.17, 15) is 4.79 Å². The van der Waals surface area contributed by atoms with Crippen molar-refractivity contribution in [3.05, 3.63) is 64.3 Å². The second-order valence-electron chi connectivity index (χ2n) is 8.02. The number of hydrogen-bond acceptors (Lipinski definition) is 7. The summed E-state index contributed by atoms with van der Waals surface area (Å²) in [6.07, 6.45) is 2.44. The van der Waals surface area contributed by atoms with E-state index in [0.29, 0.717) is 23.5 Å². The third-order valence-electron chi connectivity index (χ3n) is 5.37. The molecule has 152 valence electrons. The first-order valence-corrected chi connectivity index (χ1v) is 10.6. The molecule has 3 aromatic rings. The zero-order valence-electron chi connectivity index (χ0n) is 16.6. The molecule has 0 saturated carbocycles. The number of nitrogens with one attached hydrogen (secondary N) is 3. The molecule has 1 aliphatic heterocycles. The van der Waals surface area contributed by atoms with Crippen molar-refractivity contribution in [2.75, 3.05) is 5.73 Å². The number of anilines is 1. The first-order valence-electron chi connectivity index (χ1n) is 9.61. The largest absolute Gasteiger partial charge is 0.368 e. The summed E-state index contributed by atoms with van der Waals surface area (Å²) < 4.78 is 0. The van der Waals surface area contributed by atoms with Gasteiger partial charge in [0.2, 0.25) is 5.95 Å². The number of amides is 1. The fourth-order valence-corrected chi connectivity index (χ4v) is 4.88. The lowest BCUT2D eigenvalue weighted by molar-refractivity contribution is 0.0940. The topological polar surface area (TPSA) is 122 Å². The van der Waals surface area contributed by atoms with E-state index in [0.717, 1.165) is 22.4 Å².